The number of rotatable bonds is 23. The molecule has 0 saturated heterocycles. The Morgan fingerprint density at radius 1 is 0.556 bits per heavy atom. The lowest BCUT2D eigenvalue weighted by molar-refractivity contribution is 0.177. The van der Waals surface area contributed by atoms with Crippen LogP contribution in [-0.2, 0) is 4.74 Å². The molecule has 1 unspecified atom stereocenters. The molecule has 0 aliphatic rings. The second-order valence-electron chi connectivity index (χ2n) is 8.60. The van der Waals surface area contributed by atoms with Crippen molar-refractivity contribution in [3.63, 3.8) is 0 Å². The summed E-state index contributed by atoms with van der Waals surface area (Å²) in [4.78, 5) is 0. The molecule has 0 heterocycles. The van der Waals surface area contributed by atoms with Gasteiger partial charge in [-0.1, -0.05) is 136 Å². The van der Waals surface area contributed by atoms with Crippen LogP contribution in [0.4, 0.5) is 0 Å². The summed E-state index contributed by atoms with van der Waals surface area (Å²) < 4.78 is 5.52. The molecule has 0 aromatic heterocycles. The molecule has 0 bridgehead atoms. The van der Waals surface area contributed by atoms with Crippen molar-refractivity contribution in [3.8, 4) is 0 Å². The number of ether oxygens (including phenoxy) is 1. The molecule has 0 rings (SSSR count). The molecule has 0 aromatic rings. The van der Waals surface area contributed by atoms with Crippen molar-refractivity contribution >= 4 is 0 Å². The summed E-state index contributed by atoms with van der Waals surface area (Å²) >= 11 is 0. The summed E-state index contributed by atoms with van der Waals surface area (Å²) in [7, 11) is 0. The minimum atomic E-state index is 0.747. The van der Waals surface area contributed by atoms with Gasteiger partial charge in [0, 0.05) is 0 Å². The van der Waals surface area contributed by atoms with Gasteiger partial charge in [0.15, 0.2) is 0 Å². The Kier molecular flexibility index (Phi) is 23.2. The van der Waals surface area contributed by atoms with Gasteiger partial charge in [-0.2, -0.15) is 0 Å². The summed E-state index contributed by atoms with van der Waals surface area (Å²) in [6.07, 6.45) is 29.9. The Morgan fingerprint density at radius 2 is 0.889 bits per heavy atom. The van der Waals surface area contributed by atoms with Crippen molar-refractivity contribution in [2.75, 3.05) is 6.61 Å². The molecule has 0 saturated carbocycles. The van der Waals surface area contributed by atoms with Gasteiger partial charge in [0.25, 0.3) is 0 Å². The second kappa shape index (κ2) is 23.6. The molecule has 27 heavy (non-hydrogen) atoms. The molecule has 1 heteroatoms. The van der Waals surface area contributed by atoms with Gasteiger partial charge < -0.3 is 4.74 Å². The van der Waals surface area contributed by atoms with Crippen molar-refractivity contribution < 1.29 is 4.74 Å². The van der Waals surface area contributed by atoms with E-state index in [0.29, 0.717) is 0 Å². The Bertz CT molecular complexity index is 273. The van der Waals surface area contributed by atoms with E-state index in [-0.39, 0.29) is 0 Å². The molecule has 0 radical (unpaired) electrons. The lowest BCUT2D eigenvalue weighted by atomic mass is 9.94. The maximum Gasteiger partial charge on any atom is 0.0901 e. The summed E-state index contributed by atoms with van der Waals surface area (Å²) in [6.45, 7) is 9.18. The lowest BCUT2D eigenvalue weighted by Gasteiger charge is -2.16. The van der Waals surface area contributed by atoms with Gasteiger partial charge in [-0.3, -0.25) is 0 Å². The molecule has 0 N–H and O–H groups in total. The van der Waals surface area contributed by atoms with Crippen LogP contribution in [-0.4, -0.2) is 6.61 Å². The Morgan fingerprint density at radius 3 is 1.22 bits per heavy atom. The van der Waals surface area contributed by atoms with Crippen LogP contribution >= 0.6 is 0 Å². The van der Waals surface area contributed by atoms with Crippen LogP contribution in [0.5, 0.6) is 0 Å². The van der Waals surface area contributed by atoms with Crippen LogP contribution in [0.25, 0.3) is 0 Å². The van der Waals surface area contributed by atoms with Gasteiger partial charge in [-0.15, -0.1) is 0 Å². The second-order valence-corrected chi connectivity index (χ2v) is 8.60. The quantitative estimate of drug-likeness (QED) is 0.127. The van der Waals surface area contributed by atoms with Gasteiger partial charge >= 0.3 is 0 Å². The highest BCUT2D eigenvalue weighted by Crippen LogP contribution is 2.20. The van der Waals surface area contributed by atoms with E-state index in [2.05, 4.69) is 20.4 Å². The van der Waals surface area contributed by atoms with Crippen molar-refractivity contribution in [1.29, 1.82) is 0 Å². The van der Waals surface area contributed by atoms with E-state index in [1.807, 2.05) is 0 Å². The Labute approximate surface area is 172 Å². The van der Waals surface area contributed by atoms with Crippen molar-refractivity contribution in [3.05, 3.63) is 12.8 Å². The lowest BCUT2D eigenvalue weighted by Crippen LogP contribution is -2.08. The molecule has 0 amide bonds. The fraction of sp³-hybridized carbons (Fsp3) is 0.923. The number of unbranched alkanes of at least 4 members (excludes halogenated alkanes) is 16. The number of hydrogen-bond acceptors (Lipinski definition) is 1. The molecular weight excluding hydrogens is 328 g/mol. The van der Waals surface area contributed by atoms with Gasteiger partial charge in [0.05, 0.1) is 12.9 Å². The third kappa shape index (κ3) is 21.7. The highest BCUT2D eigenvalue weighted by molar-refractivity contribution is 4.62. The zero-order valence-corrected chi connectivity index (χ0v) is 19.1. The topological polar surface area (TPSA) is 9.23 Å². The van der Waals surface area contributed by atoms with Gasteiger partial charge in [-0.25, -0.2) is 0 Å². The Balaban J connectivity index is 3.54. The van der Waals surface area contributed by atoms with E-state index in [1.54, 1.807) is 6.26 Å². The van der Waals surface area contributed by atoms with E-state index >= 15 is 0 Å². The molecule has 1 atom stereocenters. The van der Waals surface area contributed by atoms with Crippen LogP contribution in [0, 0.1) is 5.92 Å². The largest absolute Gasteiger partial charge is 0.502 e. The molecule has 0 fully saturated rings. The first-order valence-corrected chi connectivity index (χ1v) is 12.6. The van der Waals surface area contributed by atoms with Crippen molar-refractivity contribution in [2.24, 2.45) is 5.92 Å². The summed E-state index contributed by atoms with van der Waals surface area (Å²) in [5.74, 6) is 0.747. The highest BCUT2D eigenvalue weighted by atomic mass is 16.5. The van der Waals surface area contributed by atoms with Crippen molar-refractivity contribution in [1.82, 2.24) is 0 Å². The molecule has 0 aromatic carbocycles. The van der Waals surface area contributed by atoms with Crippen LogP contribution in [0.2, 0.25) is 0 Å². The van der Waals surface area contributed by atoms with Crippen LogP contribution in [0.15, 0.2) is 12.8 Å². The maximum absolute atomic E-state index is 5.52. The monoisotopic (exact) mass is 380 g/mol. The van der Waals surface area contributed by atoms with Crippen LogP contribution in [0.3, 0.4) is 0 Å². The first-order chi connectivity index (χ1) is 13.3. The van der Waals surface area contributed by atoms with E-state index in [0.717, 1.165) is 12.5 Å². The summed E-state index contributed by atoms with van der Waals surface area (Å²) in [5, 5.41) is 0. The normalized spacial score (nSPS) is 12.2. The van der Waals surface area contributed by atoms with E-state index < -0.39 is 0 Å². The molecular formula is C26H52O. The molecule has 0 aliphatic carbocycles. The Hall–Kier alpha value is -0.460. The van der Waals surface area contributed by atoms with E-state index in [4.69, 9.17) is 4.74 Å². The van der Waals surface area contributed by atoms with Gasteiger partial charge in [-0.05, 0) is 18.8 Å². The van der Waals surface area contributed by atoms with Crippen LogP contribution < -0.4 is 0 Å². The van der Waals surface area contributed by atoms with Crippen LogP contribution in [0.1, 0.15) is 142 Å². The van der Waals surface area contributed by atoms with Gasteiger partial charge in [0.1, 0.15) is 0 Å². The SMILES string of the molecule is C=COCC(CCCCCCCCCC)CCCCCCCCCCCC. The van der Waals surface area contributed by atoms with E-state index in [1.165, 1.54) is 128 Å². The summed E-state index contributed by atoms with van der Waals surface area (Å²) in [5.41, 5.74) is 0. The first-order valence-electron chi connectivity index (χ1n) is 12.6. The fourth-order valence-electron chi connectivity index (χ4n) is 4.00. The van der Waals surface area contributed by atoms with Crippen molar-refractivity contribution in [2.45, 2.75) is 142 Å². The first kappa shape index (κ1) is 26.5. The number of hydrogen-bond donors (Lipinski definition) is 0. The third-order valence-electron chi connectivity index (χ3n) is 5.88. The maximum atomic E-state index is 5.52. The highest BCUT2D eigenvalue weighted by Gasteiger charge is 2.08. The van der Waals surface area contributed by atoms with E-state index in [9.17, 15) is 0 Å². The molecule has 0 spiro atoms. The zero-order chi connectivity index (χ0) is 19.8. The predicted octanol–water partition coefficient (Wildman–Crippen LogP) is 9.60. The smallest absolute Gasteiger partial charge is 0.0901 e. The minimum absolute atomic E-state index is 0.747. The predicted molar refractivity (Wildman–Crippen MR) is 123 cm³/mol. The standard InChI is InChI=1S/C26H52O/c1-4-7-9-11-13-15-16-18-20-22-24-26(25-27-6-3)23-21-19-17-14-12-10-8-5-2/h6,26H,3-5,7-25H2,1-2H3. The average Bonchev–Trinajstić information content (AvgIpc) is 2.68. The summed E-state index contributed by atoms with van der Waals surface area (Å²) in [6, 6.07) is 0. The third-order valence-corrected chi connectivity index (χ3v) is 5.88. The molecule has 162 valence electrons. The molecule has 0 aliphatic heterocycles. The molecule has 1 nitrogen and oxygen atoms in total. The fourth-order valence-corrected chi connectivity index (χ4v) is 4.00. The average molecular weight is 381 g/mol. The zero-order valence-electron chi connectivity index (χ0n) is 19.1. The minimum Gasteiger partial charge on any atom is -0.502 e. The van der Waals surface area contributed by atoms with Gasteiger partial charge in [0.2, 0.25) is 0 Å².